The molecule has 0 aliphatic carbocycles. The van der Waals surface area contributed by atoms with E-state index in [-0.39, 0.29) is 4.47 Å². The molecule has 8 nitrogen and oxygen atoms in total. The number of nitrogens with one attached hydrogen (secondary N) is 1. The molecule has 0 radical (unpaired) electrons. The highest BCUT2D eigenvalue weighted by atomic mass is 79.9. The van der Waals surface area contributed by atoms with Crippen LogP contribution >= 0.6 is 15.9 Å². The zero-order valence-corrected chi connectivity index (χ0v) is 12.8. The van der Waals surface area contributed by atoms with E-state index in [9.17, 15) is 23.3 Å². The van der Waals surface area contributed by atoms with Gasteiger partial charge >= 0.3 is 6.36 Å². The Balaban J connectivity index is 3.46. The zero-order valence-electron chi connectivity index (χ0n) is 11.2. The smallest absolute Gasteiger partial charge is 0.404 e. The van der Waals surface area contributed by atoms with Crippen molar-refractivity contribution >= 4 is 27.3 Å². The molecule has 0 spiro atoms. The van der Waals surface area contributed by atoms with Gasteiger partial charge in [-0.05, 0) is 22.0 Å². The second-order valence-electron chi connectivity index (χ2n) is 3.82. The molecular weight excluding hydrogens is 399 g/mol. The van der Waals surface area contributed by atoms with Crippen molar-refractivity contribution in [3.8, 4) is 24.0 Å². The summed E-state index contributed by atoms with van der Waals surface area (Å²) in [6, 6.07) is 5.61. The molecule has 0 heterocycles. The number of benzene rings is 1. The van der Waals surface area contributed by atoms with E-state index >= 15 is 0 Å². The number of nitrogens with zero attached hydrogens (tertiary/aromatic N) is 4. The van der Waals surface area contributed by atoms with E-state index in [0.29, 0.717) is 6.07 Å². The molecule has 1 rings (SSSR count). The summed E-state index contributed by atoms with van der Waals surface area (Å²) in [4.78, 5) is 9.99. The van der Waals surface area contributed by atoms with E-state index < -0.39 is 39.7 Å². The van der Waals surface area contributed by atoms with Crippen LogP contribution in [-0.2, 0) is 0 Å². The number of allylic oxidation sites excluding steroid dienone is 2. The van der Waals surface area contributed by atoms with Crippen molar-refractivity contribution in [2.45, 2.75) is 6.36 Å². The topological polar surface area (TPSA) is 136 Å². The average molecular weight is 402 g/mol. The molecule has 0 amide bonds. The lowest BCUT2D eigenvalue weighted by Crippen LogP contribution is -2.17. The molecule has 0 aromatic heterocycles. The summed E-state index contributed by atoms with van der Waals surface area (Å²) in [7, 11) is 0. The van der Waals surface area contributed by atoms with Crippen molar-refractivity contribution in [3.63, 3.8) is 0 Å². The number of nitriles is 3. The van der Waals surface area contributed by atoms with E-state index in [1.54, 1.807) is 0 Å². The van der Waals surface area contributed by atoms with Crippen molar-refractivity contribution in [3.05, 3.63) is 38.0 Å². The van der Waals surface area contributed by atoms with Gasteiger partial charge in [0, 0.05) is 0 Å². The van der Waals surface area contributed by atoms with Gasteiger partial charge in [-0.15, -0.1) is 13.2 Å². The highest BCUT2D eigenvalue weighted by Crippen LogP contribution is 2.39. The van der Waals surface area contributed by atoms with E-state index in [4.69, 9.17) is 15.8 Å². The molecule has 0 atom stereocenters. The van der Waals surface area contributed by atoms with Gasteiger partial charge in [-0.3, -0.25) is 10.1 Å². The Kier molecular flexibility index (Phi) is 5.71. The van der Waals surface area contributed by atoms with Crippen LogP contribution in [0.1, 0.15) is 0 Å². The van der Waals surface area contributed by atoms with Crippen LogP contribution < -0.4 is 10.1 Å². The number of hydrogen-bond donors (Lipinski definition) is 1. The van der Waals surface area contributed by atoms with Crippen LogP contribution in [0.25, 0.3) is 0 Å². The van der Waals surface area contributed by atoms with Crippen molar-refractivity contribution in [2.75, 3.05) is 5.32 Å². The molecule has 1 N–H and O–H groups in total. The van der Waals surface area contributed by atoms with Crippen molar-refractivity contribution in [1.82, 2.24) is 0 Å². The first-order valence-electron chi connectivity index (χ1n) is 5.58. The van der Waals surface area contributed by atoms with E-state index in [2.05, 4.69) is 26.0 Å². The number of ether oxygens (including phenoxy) is 1. The van der Waals surface area contributed by atoms with Gasteiger partial charge in [0.15, 0.2) is 11.3 Å². The van der Waals surface area contributed by atoms with Gasteiger partial charge in [-0.1, -0.05) is 0 Å². The molecule has 0 saturated carbocycles. The van der Waals surface area contributed by atoms with Gasteiger partial charge in [0.25, 0.3) is 5.69 Å². The molecular formula is C12H3BrF3N5O3. The molecule has 12 heteroatoms. The van der Waals surface area contributed by atoms with Crippen LogP contribution in [0.15, 0.2) is 27.9 Å². The molecule has 1 aromatic rings. The van der Waals surface area contributed by atoms with Crippen LogP contribution in [0, 0.1) is 44.1 Å². The first kappa shape index (κ1) is 18.7. The second kappa shape index (κ2) is 7.31. The Morgan fingerprint density at radius 3 is 2.25 bits per heavy atom. The number of nitro benzene ring substituents is 1. The number of rotatable bonds is 4. The third kappa shape index (κ3) is 4.60. The normalized spacial score (nSPS) is 9.88. The first-order chi connectivity index (χ1) is 11.1. The van der Waals surface area contributed by atoms with E-state index in [1.807, 2.05) is 0 Å². The summed E-state index contributed by atoms with van der Waals surface area (Å²) in [6.45, 7) is 0. The molecule has 0 aliphatic rings. The highest BCUT2D eigenvalue weighted by molar-refractivity contribution is 9.10. The molecule has 0 saturated heterocycles. The van der Waals surface area contributed by atoms with Crippen LogP contribution in [0.2, 0.25) is 0 Å². The van der Waals surface area contributed by atoms with Gasteiger partial charge in [0.05, 0.1) is 15.5 Å². The van der Waals surface area contributed by atoms with Crippen LogP contribution in [-0.4, -0.2) is 11.3 Å². The summed E-state index contributed by atoms with van der Waals surface area (Å²) < 4.78 is 40.1. The summed E-state index contributed by atoms with van der Waals surface area (Å²) >= 11 is 2.75. The lowest BCUT2D eigenvalue weighted by atomic mass is 10.2. The van der Waals surface area contributed by atoms with Gasteiger partial charge in [0.1, 0.15) is 29.6 Å². The molecule has 0 aliphatic heterocycles. The van der Waals surface area contributed by atoms with Crippen LogP contribution in [0.4, 0.5) is 24.5 Å². The Morgan fingerprint density at radius 2 is 1.83 bits per heavy atom. The minimum atomic E-state index is -5.07. The SMILES string of the molecule is N#CC(C#N)=C(C#N)Nc1cc(Br)c(OC(F)(F)F)cc1[N+](=O)[O-]. The fourth-order valence-electron chi connectivity index (χ4n) is 1.41. The van der Waals surface area contributed by atoms with Gasteiger partial charge in [0.2, 0.25) is 0 Å². The third-order valence-corrected chi connectivity index (χ3v) is 2.94. The average Bonchev–Trinajstić information content (AvgIpc) is 2.48. The van der Waals surface area contributed by atoms with Gasteiger partial charge in [-0.25, -0.2) is 0 Å². The fraction of sp³-hybridized carbons (Fsp3) is 0.0833. The molecule has 122 valence electrons. The zero-order chi connectivity index (χ0) is 18.5. The van der Waals surface area contributed by atoms with Crippen molar-refractivity contribution < 1.29 is 22.8 Å². The summed E-state index contributed by atoms with van der Waals surface area (Å²) in [5, 5.41) is 39.5. The number of hydrogen-bond acceptors (Lipinski definition) is 7. The monoisotopic (exact) mass is 401 g/mol. The number of halogens is 4. The van der Waals surface area contributed by atoms with Crippen molar-refractivity contribution in [1.29, 1.82) is 15.8 Å². The van der Waals surface area contributed by atoms with Crippen molar-refractivity contribution in [2.24, 2.45) is 0 Å². The minimum Gasteiger partial charge on any atom is -0.404 e. The van der Waals surface area contributed by atoms with Crippen LogP contribution in [0.5, 0.6) is 5.75 Å². The highest BCUT2D eigenvalue weighted by Gasteiger charge is 2.33. The third-order valence-electron chi connectivity index (χ3n) is 2.32. The Hall–Kier alpha value is -3.30. The molecule has 1 aromatic carbocycles. The molecule has 0 unspecified atom stereocenters. The van der Waals surface area contributed by atoms with Gasteiger partial charge in [-0.2, -0.15) is 15.8 Å². The predicted molar refractivity (Wildman–Crippen MR) is 75.0 cm³/mol. The lowest BCUT2D eigenvalue weighted by molar-refractivity contribution is -0.384. The second-order valence-corrected chi connectivity index (χ2v) is 4.67. The number of alkyl halides is 3. The maximum Gasteiger partial charge on any atom is 0.573 e. The molecule has 24 heavy (non-hydrogen) atoms. The van der Waals surface area contributed by atoms with E-state index in [0.717, 1.165) is 6.07 Å². The predicted octanol–water partition coefficient (Wildman–Crippen LogP) is 3.49. The number of anilines is 1. The Bertz CT molecular complexity index is 830. The maximum absolute atomic E-state index is 12.3. The summed E-state index contributed by atoms with van der Waals surface area (Å²) in [5.74, 6) is -0.872. The largest absolute Gasteiger partial charge is 0.573 e. The molecule has 0 bridgehead atoms. The standard InChI is InChI=1S/C12H3BrF3N5O3/c13-7-1-8(20-9(5-19)6(3-17)4-18)10(21(22)23)2-11(7)24-12(14,15)16/h1-2,20H. The van der Waals surface area contributed by atoms with Gasteiger partial charge < -0.3 is 10.1 Å². The maximum atomic E-state index is 12.3. The quantitative estimate of drug-likeness (QED) is 0.463. The molecule has 0 fully saturated rings. The first-order valence-corrected chi connectivity index (χ1v) is 6.37. The lowest BCUT2D eigenvalue weighted by Gasteiger charge is -2.12. The summed E-state index contributed by atoms with van der Waals surface area (Å²) in [5.41, 5.74) is -2.53. The number of nitro groups is 1. The summed E-state index contributed by atoms with van der Waals surface area (Å²) in [6.07, 6.45) is -5.07. The fourth-order valence-corrected chi connectivity index (χ4v) is 1.84. The van der Waals surface area contributed by atoms with E-state index in [1.165, 1.54) is 18.2 Å². The minimum absolute atomic E-state index is 0.305. The Morgan fingerprint density at radius 1 is 1.25 bits per heavy atom. The van der Waals surface area contributed by atoms with Crippen LogP contribution in [0.3, 0.4) is 0 Å². The Labute approximate surface area is 140 Å².